The maximum atomic E-state index is 16.2. The number of rotatable bonds is 9. The summed E-state index contributed by atoms with van der Waals surface area (Å²) in [6.07, 6.45) is 1.30. The van der Waals surface area contributed by atoms with Crippen LogP contribution in [0.2, 0.25) is 0 Å². The van der Waals surface area contributed by atoms with Crippen LogP contribution in [-0.4, -0.2) is 101 Å². The molecule has 1 saturated heterocycles. The fourth-order valence-corrected chi connectivity index (χ4v) is 7.78. The SMILES string of the molecule is C=CC(=O)N1CCn2nc(-c3nc(-c4cccc(C(=O)N5CCN(C)CC5)c4)c4ccsc4c3-c3c(F)cc(F)cc3OCCOC)cc2[C@H]1C. The van der Waals surface area contributed by atoms with Crippen molar-refractivity contribution in [2.75, 3.05) is 60.1 Å². The van der Waals surface area contributed by atoms with Crippen molar-refractivity contribution in [2.24, 2.45) is 0 Å². The van der Waals surface area contributed by atoms with Gasteiger partial charge in [-0.15, -0.1) is 11.3 Å². The van der Waals surface area contributed by atoms with Crippen LogP contribution in [0.4, 0.5) is 8.78 Å². The average molecular weight is 713 g/mol. The van der Waals surface area contributed by atoms with Gasteiger partial charge in [-0.3, -0.25) is 14.3 Å². The zero-order valence-electron chi connectivity index (χ0n) is 28.7. The Hall–Kier alpha value is -4.98. The quantitative estimate of drug-likeness (QED) is 0.131. The van der Waals surface area contributed by atoms with Crippen molar-refractivity contribution in [1.29, 1.82) is 0 Å². The molecule has 2 aliphatic heterocycles. The van der Waals surface area contributed by atoms with Crippen molar-refractivity contribution in [2.45, 2.75) is 19.5 Å². The summed E-state index contributed by atoms with van der Waals surface area (Å²) in [6.45, 7) is 9.62. The number of benzene rings is 2. The fraction of sp³-hybridized carbons (Fsp3) is 0.316. The highest BCUT2D eigenvalue weighted by molar-refractivity contribution is 7.18. The summed E-state index contributed by atoms with van der Waals surface area (Å²) in [5.41, 5.74) is 3.89. The second kappa shape index (κ2) is 14.3. The third kappa shape index (κ3) is 6.52. The van der Waals surface area contributed by atoms with Gasteiger partial charge in [0.15, 0.2) is 0 Å². The van der Waals surface area contributed by atoms with E-state index >= 15 is 4.39 Å². The number of hydrogen-bond acceptors (Lipinski definition) is 8. The Morgan fingerprint density at radius 3 is 2.57 bits per heavy atom. The van der Waals surface area contributed by atoms with Gasteiger partial charge in [0, 0.05) is 78.7 Å². The second-order valence-electron chi connectivity index (χ2n) is 12.7. The smallest absolute Gasteiger partial charge is 0.253 e. The largest absolute Gasteiger partial charge is 0.490 e. The number of halogens is 2. The minimum absolute atomic E-state index is 0.00918. The molecule has 1 atom stereocenters. The van der Waals surface area contributed by atoms with Crippen LogP contribution in [0, 0.1) is 11.6 Å². The van der Waals surface area contributed by atoms with Gasteiger partial charge in [-0.05, 0) is 49.7 Å². The van der Waals surface area contributed by atoms with E-state index < -0.39 is 11.6 Å². The highest BCUT2D eigenvalue weighted by Crippen LogP contribution is 2.47. The van der Waals surface area contributed by atoms with Gasteiger partial charge in [0.2, 0.25) is 5.91 Å². The van der Waals surface area contributed by atoms with Crippen molar-refractivity contribution in [3.63, 3.8) is 0 Å². The van der Waals surface area contributed by atoms with Crippen LogP contribution in [0.1, 0.15) is 29.0 Å². The van der Waals surface area contributed by atoms with E-state index in [1.54, 1.807) is 4.90 Å². The maximum absolute atomic E-state index is 16.2. The molecule has 51 heavy (non-hydrogen) atoms. The Morgan fingerprint density at radius 2 is 1.80 bits per heavy atom. The van der Waals surface area contributed by atoms with Crippen LogP contribution < -0.4 is 4.74 Å². The lowest BCUT2D eigenvalue weighted by Crippen LogP contribution is -2.47. The number of amides is 2. The summed E-state index contributed by atoms with van der Waals surface area (Å²) in [5, 5.41) is 7.57. The first-order valence-electron chi connectivity index (χ1n) is 16.8. The number of carbonyl (C=O) groups is 2. The molecule has 2 amide bonds. The monoisotopic (exact) mass is 712 g/mol. The molecule has 0 spiro atoms. The number of thiophene rings is 1. The minimum atomic E-state index is -0.812. The van der Waals surface area contributed by atoms with Gasteiger partial charge in [-0.1, -0.05) is 18.7 Å². The summed E-state index contributed by atoms with van der Waals surface area (Å²) in [4.78, 5) is 37.3. The first-order valence-corrected chi connectivity index (χ1v) is 17.7. The molecule has 2 aliphatic rings. The molecule has 0 unspecified atom stereocenters. The summed E-state index contributed by atoms with van der Waals surface area (Å²) in [5.74, 6) is -1.82. The van der Waals surface area contributed by atoms with E-state index in [0.717, 1.165) is 36.3 Å². The van der Waals surface area contributed by atoms with E-state index in [0.29, 0.717) is 64.7 Å². The van der Waals surface area contributed by atoms with Crippen molar-refractivity contribution in [3.8, 4) is 39.5 Å². The highest BCUT2D eigenvalue weighted by Gasteiger charge is 2.32. The summed E-state index contributed by atoms with van der Waals surface area (Å²) in [7, 11) is 3.56. The van der Waals surface area contributed by atoms with E-state index in [9.17, 15) is 14.0 Å². The third-order valence-electron chi connectivity index (χ3n) is 9.55. The fourth-order valence-electron chi connectivity index (χ4n) is 6.83. The molecule has 5 aromatic rings. The molecular formula is C38H38F2N6O4S. The minimum Gasteiger partial charge on any atom is -0.490 e. The predicted octanol–water partition coefficient (Wildman–Crippen LogP) is 6.27. The van der Waals surface area contributed by atoms with E-state index in [2.05, 4.69) is 11.5 Å². The highest BCUT2D eigenvalue weighted by atomic mass is 32.1. The number of fused-ring (bicyclic) bond motifs is 2. The molecule has 0 aliphatic carbocycles. The Labute approximate surface area is 298 Å². The number of likely N-dealkylation sites (N-methyl/N-ethyl adjacent to an activating group) is 1. The molecule has 0 N–H and O–H groups in total. The van der Waals surface area contributed by atoms with E-state index in [1.807, 2.05) is 65.3 Å². The van der Waals surface area contributed by atoms with Gasteiger partial charge in [-0.2, -0.15) is 5.10 Å². The number of nitrogens with zero attached hydrogens (tertiary/aromatic N) is 6. The van der Waals surface area contributed by atoms with Crippen LogP contribution in [0.25, 0.3) is 43.9 Å². The van der Waals surface area contributed by atoms with Gasteiger partial charge in [0.1, 0.15) is 35.4 Å². The first-order chi connectivity index (χ1) is 24.7. The summed E-state index contributed by atoms with van der Waals surface area (Å²) < 4.78 is 44.5. The first kappa shape index (κ1) is 34.5. The molecule has 10 nitrogen and oxygen atoms in total. The van der Waals surface area contributed by atoms with Crippen LogP contribution in [0.15, 0.2) is 66.6 Å². The number of ether oxygens (including phenoxy) is 2. The van der Waals surface area contributed by atoms with Crippen LogP contribution in [0.3, 0.4) is 0 Å². The molecule has 264 valence electrons. The van der Waals surface area contributed by atoms with Crippen molar-refractivity contribution in [1.82, 2.24) is 29.5 Å². The molecule has 0 bridgehead atoms. The van der Waals surface area contributed by atoms with Gasteiger partial charge in [0.05, 0.1) is 36.1 Å². The second-order valence-corrected chi connectivity index (χ2v) is 13.6. The molecule has 13 heteroatoms. The Kier molecular flexibility index (Phi) is 9.69. The molecule has 7 rings (SSSR count). The topological polar surface area (TPSA) is 93.0 Å². The van der Waals surface area contributed by atoms with Crippen LogP contribution in [-0.2, 0) is 16.1 Å². The standard InChI is InChI=1S/C38H38F2N6O4S/c1-5-32(47)45-14-15-46-30(23(45)2)22-29(42-46)36-34(33-28(40)20-26(39)21-31(33)50-17-16-49-4)37-27(9-18-51-37)35(41-36)24-7-6-8-25(19-24)38(48)44-12-10-43(3)11-13-44/h5-9,18-23H,1,10-17H2,2-4H3/t23-/m1/s1. The number of aromatic nitrogens is 3. The average Bonchev–Trinajstić information content (AvgIpc) is 3.80. The zero-order valence-corrected chi connectivity index (χ0v) is 29.5. The summed E-state index contributed by atoms with van der Waals surface area (Å²) in [6, 6.07) is 12.9. The molecule has 1 fully saturated rings. The number of hydrogen-bond donors (Lipinski definition) is 0. The normalized spacial score (nSPS) is 16.4. The lowest BCUT2D eigenvalue weighted by molar-refractivity contribution is -0.129. The van der Waals surface area contributed by atoms with E-state index in [4.69, 9.17) is 19.6 Å². The zero-order chi connectivity index (χ0) is 35.8. The number of piperazine rings is 1. The van der Waals surface area contributed by atoms with Crippen LogP contribution >= 0.6 is 11.3 Å². The Morgan fingerprint density at radius 1 is 1.00 bits per heavy atom. The van der Waals surface area contributed by atoms with Crippen molar-refractivity contribution < 1.29 is 27.8 Å². The number of methoxy groups -OCH3 is 1. The van der Waals surface area contributed by atoms with E-state index in [-0.39, 0.29) is 42.4 Å². The molecule has 0 radical (unpaired) electrons. The van der Waals surface area contributed by atoms with Gasteiger partial charge in [-0.25, -0.2) is 13.8 Å². The van der Waals surface area contributed by atoms with Gasteiger partial charge < -0.3 is 24.2 Å². The van der Waals surface area contributed by atoms with Crippen molar-refractivity contribution in [3.05, 3.63) is 89.5 Å². The molecule has 3 aromatic heterocycles. The Bertz CT molecular complexity index is 2140. The number of pyridine rings is 1. The lowest BCUT2D eigenvalue weighted by atomic mass is 9.95. The van der Waals surface area contributed by atoms with Crippen molar-refractivity contribution >= 4 is 33.2 Å². The predicted molar refractivity (Wildman–Crippen MR) is 193 cm³/mol. The number of carbonyl (C=O) groups excluding carboxylic acids is 2. The molecule has 2 aromatic carbocycles. The lowest BCUT2D eigenvalue weighted by Gasteiger charge is -2.33. The molecular weight excluding hydrogens is 675 g/mol. The Balaban J connectivity index is 1.43. The summed E-state index contributed by atoms with van der Waals surface area (Å²) >= 11 is 1.39. The maximum Gasteiger partial charge on any atom is 0.253 e. The third-order valence-corrected chi connectivity index (χ3v) is 10.5. The van der Waals surface area contributed by atoms with Gasteiger partial charge in [0.25, 0.3) is 5.91 Å². The molecule has 5 heterocycles. The van der Waals surface area contributed by atoms with Gasteiger partial charge >= 0.3 is 0 Å². The van der Waals surface area contributed by atoms with Crippen LogP contribution in [0.5, 0.6) is 5.75 Å². The molecule has 0 saturated carbocycles. The van der Waals surface area contributed by atoms with E-state index in [1.165, 1.54) is 24.5 Å².